The summed E-state index contributed by atoms with van der Waals surface area (Å²) in [5.74, 6) is 1.33. The molecule has 1 heterocycles. The highest BCUT2D eigenvalue weighted by atomic mass is 16.5. The van der Waals surface area contributed by atoms with Crippen LogP contribution < -0.4 is 0 Å². The van der Waals surface area contributed by atoms with Crippen LogP contribution in [0.3, 0.4) is 0 Å². The molecule has 0 saturated carbocycles. The molecule has 0 spiro atoms. The fraction of sp³-hybridized carbons (Fsp3) is 0.667. The van der Waals surface area contributed by atoms with Gasteiger partial charge in [-0.15, -0.1) is 0 Å². The Morgan fingerprint density at radius 3 is 1.77 bits per heavy atom. The molecular formula is C12H20O. The van der Waals surface area contributed by atoms with E-state index in [1.807, 2.05) is 13.8 Å². The molecule has 2 atom stereocenters. The van der Waals surface area contributed by atoms with E-state index in [1.165, 1.54) is 11.1 Å². The highest BCUT2D eigenvalue weighted by molar-refractivity contribution is 5.33. The number of rotatable bonds is 0. The third-order valence-corrected chi connectivity index (χ3v) is 2.72. The fourth-order valence-corrected chi connectivity index (χ4v) is 1.84. The molecule has 0 aromatic heterocycles. The second kappa shape index (κ2) is 4.61. The minimum Gasteiger partial charge on any atom is -0.380 e. The van der Waals surface area contributed by atoms with Crippen LogP contribution in [-0.4, -0.2) is 13.2 Å². The molecule has 0 N–H and O–H groups in total. The van der Waals surface area contributed by atoms with Crippen molar-refractivity contribution in [3.8, 4) is 0 Å². The van der Waals surface area contributed by atoms with Gasteiger partial charge in [-0.25, -0.2) is 0 Å². The average Bonchev–Trinajstić information content (AvgIpc) is 2.56. The highest BCUT2D eigenvalue weighted by Gasteiger charge is 2.27. The van der Waals surface area contributed by atoms with Crippen LogP contribution in [0.1, 0.15) is 27.7 Å². The summed E-state index contributed by atoms with van der Waals surface area (Å²) in [6.07, 6.45) is 4.71. The van der Waals surface area contributed by atoms with Gasteiger partial charge in [0.1, 0.15) is 0 Å². The molecule has 0 radical (unpaired) electrons. The topological polar surface area (TPSA) is 9.23 Å². The van der Waals surface area contributed by atoms with Gasteiger partial charge in [0.25, 0.3) is 0 Å². The zero-order valence-electron chi connectivity index (χ0n) is 9.13. The van der Waals surface area contributed by atoms with Crippen molar-refractivity contribution in [3.05, 3.63) is 23.3 Å². The minimum absolute atomic E-state index is 0.665. The number of hydrogen-bond donors (Lipinski definition) is 0. The molecule has 2 aliphatic rings. The van der Waals surface area contributed by atoms with E-state index < -0.39 is 0 Å². The van der Waals surface area contributed by atoms with Crippen LogP contribution in [0, 0.1) is 11.8 Å². The van der Waals surface area contributed by atoms with Crippen LogP contribution >= 0.6 is 0 Å². The van der Waals surface area contributed by atoms with Crippen LogP contribution in [0.15, 0.2) is 23.3 Å². The summed E-state index contributed by atoms with van der Waals surface area (Å²) in [5.41, 5.74) is 2.86. The molecule has 74 valence electrons. The Bertz CT molecular complexity index is 201. The standard InChI is InChI=1S/C10H14O.C2H6/c1-7-3-9-5-11-6-10(9)4-8(7)2;1-2/h3-4,9-10H,5-6H2,1-2H3;1-2H3. The molecule has 1 fully saturated rings. The second-order valence-corrected chi connectivity index (χ2v) is 3.56. The van der Waals surface area contributed by atoms with Crippen LogP contribution in [0.5, 0.6) is 0 Å². The second-order valence-electron chi connectivity index (χ2n) is 3.56. The molecule has 1 nitrogen and oxygen atoms in total. The van der Waals surface area contributed by atoms with Crippen LogP contribution in [-0.2, 0) is 4.74 Å². The Morgan fingerprint density at radius 2 is 1.38 bits per heavy atom. The lowest BCUT2D eigenvalue weighted by atomic mass is 9.85. The Hall–Kier alpha value is -0.560. The molecule has 1 heteroatoms. The molecule has 2 rings (SSSR count). The molecule has 0 amide bonds. The lowest BCUT2D eigenvalue weighted by Gasteiger charge is -2.18. The maximum atomic E-state index is 5.40. The Balaban J connectivity index is 0.000000396. The van der Waals surface area contributed by atoms with E-state index in [-0.39, 0.29) is 0 Å². The normalized spacial score (nSPS) is 31.1. The first-order valence-electron chi connectivity index (χ1n) is 5.22. The molecule has 1 aliphatic heterocycles. The zero-order valence-corrected chi connectivity index (χ0v) is 9.13. The van der Waals surface area contributed by atoms with Gasteiger partial charge in [-0.2, -0.15) is 0 Å². The summed E-state index contributed by atoms with van der Waals surface area (Å²) in [6, 6.07) is 0. The monoisotopic (exact) mass is 180 g/mol. The van der Waals surface area contributed by atoms with Crippen LogP contribution in [0.2, 0.25) is 0 Å². The summed E-state index contributed by atoms with van der Waals surface area (Å²) in [4.78, 5) is 0. The van der Waals surface area contributed by atoms with E-state index in [1.54, 1.807) is 0 Å². The summed E-state index contributed by atoms with van der Waals surface area (Å²) < 4.78 is 5.40. The van der Waals surface area contributed by atoms with Crippen molar-refractivity contribution in [1.29, 1.82) is 0 Å². The lowest BCUT2D eigenvalue weighted by Crippen LogP contribution is -2.12. The lowest BCUT2D eigenvalue weighted by molar-refractivity contribution is 0.187. The van der Waals surface area contributed by atoms with E-state index >= 15 is 0 Å². The number of hydrogen-bond acceptors (Lipinski definition) is 1. The van der Waals surface area contributed by atoms with Gasteiger partial charge in [-0.05, 0) is 13.8 Å². The van der Waals surface area contributed by atoms with Crippen molar-refractivity contribution in [2.75, 3.05) is 13.2 Å². The maximum absolute atomic E-state index is 5.40. The third-order valence-electron chi connectivity index (χ3n) is 2.72. The van der Waals surface area contributed by atoms with Crippen LogP contribution in [0.25, 0.3) is 0 Å². The summed E-state index contributed by atoms with van der Waals surface area (Å²) in [7, 11) is 0. The smallest absolute Gasteiger partial charge is 0.0535 e. The molecule has 0 aromatic carbocycles. The van der Waals surface area contributed by atoms with Gasteiger partial charge in [0, 0.05) is 11.8 Å². The first kappa shape index (κ1) is 10.5. The first-order valence-corrected chi connectivity index (χ1v) is 5.22. The Kier molecular flexibility index (Phi) is 3.73. The van der Waals surface area contributed by atoms with Crippen molar-refractivity contribution in [2.24, 2.45) is 11.8 Å². The van der Waals surface area contributed by atoms with E-state index in [2.05, 4.69) is 26.0 Å². The number of allylic oxidation sites excluding steroid dienone is 2. The minimum atomic E-state index is 0.665. The fourth-order valence-electron chi connectivity index (χ4n) is 1.84. The number of ether oxygens (including phenoxy) is 1. The molecule has 0 bridgehead atoms. The van der Waals surface area contributed by atoms with Gasteiger partial charge in [0.05, 0.1) is 13.2 Å². The van der Waals surface area contributed by atoms with E-state index in [4.69, 9.17) is 4.74 Å². The van der Waals surface area contributed by atoms with E-state index in [0.29, 0.717) is 11.8 Å². The Morgan fingerprint density at radius 1 is 1.00 bits per heavy atom. The predicted octanol–water partition coefficient (Wildman–Crippen LogP) is 3.18. The average molecular weight is 180 g/mol. The molecule has 1 saturated heterocycles. The van der Waals surface area contributed by atoms with Crippen molar-refractivity contribution in [3.63, 3.8) is 0 Å². The van der Waals surface area contributed by atoms with Gasteiger partial charge in [0.15, 0.2) is 0 Å². The molecule has 2 unspecified atom stereocenters. The van der Waals surface area contributed by atoms with E-state index in [0.717, 1.165) is 13.2 Å². The van der Waals surface area contributed by atoms with Crippen molar-refractivity contribution in [2.45, 2.75) is 27.7 Å². The van der Waals surface area contributed by atoms with E-state index in [9.17, 15) is 0 Å². The van der Waals surface area contributed by atoms with Crippen molar-refractivity contribution in [1.82, 2.24) is 0 Å². The zero-order chi connectivity index (χ0) is 9.84. The van der Waals surface area contributed by atoms with Gasteiger partial charge in [-0.1, -0.05) is 37.1 Å². The van der Waals surface area contributed by atoms with Crippen molar-refractivity contribution >= 4 is 0 Å². The highest BCUT2D eigenvalue weighted by Crippen LogP contribution is 2.31. The summed E-state index contributed by atoms with van der Waals surface area (Å²) in [6.45, 7) is 10.2. The van der Waals surface area contributed by atoms with Crippen LogP contribution in [0.4, 0.5) is 0 Å². The third kappa shape index (κ3) is 2.22. The maximum Gasteiger partial charge on any atom is 0.0535 e. The van der Waals surface area contributed by atoms with Crippen molar-refractivity contribution < 1.29 is 4.74 Å². The number of fused-ring (bicyclic) bond motifs is 1. The summed E-state index contributed by atoms with van der Waals surface area (Å²) >= 11 is 0. The SMILES string of the molecule is CC.CC1=CC2COCC2C=C1C. The Labute approximate surface area is 81.5 Å². The molecular weight excluding hydrogens is 160 g/mol. The quantitative estimate of drug-likeness (QED) is 0.556. The molecule has 13 heavy (non-hydrogen) atoms. The summed E-state index contributed by atoms with van der Waals surface area (Å²) in [5, 5.41) is 0. The first-order chi connectivity index (χ1) is 6.27. The molecule has 1 aliphatic carbocycles. The van der Waals surface area contributed by atoms with Gasteiger partial charge in [-0.3, -0.25) is 0 Å². The van der Waals surface area contributed by atoms with Gasteiger partial charge < -0.3 is 4.74 Å². The predicted molar refractivity (Wildman–Crippen MR) is 56.7 cm³/mol. The van der Waals surface area contributed by atoms with Gasteiger partial charge >= 0.3 is 0 Å². The van der Waals surface area contributed by atoms with Gasteiger partial charge in [0.2, 0.25) is 0 Å². The largest absolute Gasteiger partial charge is 0.380 e. The molecule has 0 aromatic rings.